The summed E-state index contributed by atoms with van der Waals surface area (Å²) in [6, 6.07) is 0. The van der Waals surface area contributed by atoms with E-state index in [0.717, 1.165) is 83.5 Å². The Balaban J connectivity index is 4.21. The molecule has 0 aliphatic heterocycles. The summed E-state index contributed by atoms with van der Waals surface area (Å²) in [5.41, 5.74) is 5.35. The lowest BCUT2D eigenvalue weighted by Gasteiger charge is -2.20. The monoisotopic (exact) mass is 719 g/mol. The number of phosphoric acid groups is 1. The number of carbonyl (C=O) groups excluding carboxylic acids is 1. The fourth-order valence-electron chi connectivity index (χ4n) is 4.59. The quantitative estimate of drug-likeness (QED) is 0.0288. The van der Waals surface area contributed by atoms with Gasteiger partial charge in [-0.3, -0.25) is 13.8 Å². The molecule has 0 aromatic rings. The van der Waals surface area contributed by atoms with Crippen LogP contribution in [0.3, 0.4) is 0 Å². The van der Waals surface area contributed by atoms with Crippen molar-refractivity contribution in [1.29, 1.82) is 0 Å². The lowest BCUT2D eigenvalue weighted by molar-refractivity contribution is -0.154. The van der Waals surface area contributed by atoms with Crippen molar-refractivity contribution in [3.8, 4) is 0 Å². The molecule has 2 atom stereocenters. The van der Waals surface area contributed by atoms with Crippen LogP contribution in [-0.2, 0) is 27.9 Å². The van der Waals surface area contributed by atoms with E-state index in [2.05, 4.69) is 98.9 Å². The Bertz CT molecular complexity index is 1030. The molecule has 0 aromatic carbocycles. The van der Waals surface area contributed by atoms with Gasteiger partial charge in [-0.1, -0.05) is 125 Å². The standard InChI is InChI=1S/C41H70NO7P/c1-3-5-7-9-11-13-15-17-19-21-23-25-27-29-31-33-36-46-38-40(39-48-50(44,45)47-37-35-42)49-41(43)34-32-30-28-26-24-22-20-18-16-14-12-10-8-6-4-2/h5-8,11-14,17-20,24,26,40H,3-4,9-10,15-16,21-23,25,27-39,42H2,1-2H3,(H,44,45)/b7-5-,8-6-,13-11-,14-12-,19-17-,20-18-,26-24-. The van der Waals surface area contributed by atoms with E-state index < -0.39 is 13.9 Å². The largest absolute Gasteiger partial charge is 0.472 e. The third-order valence-corrected chi connectivity index (χ3v) is 8.29. The van der Waals surface area contributed by atoms with E-state index in [1.165, 1.54) is 19.3 Å². The highest BCUT2D eigenvalue weighted by atomic mass is 31.2. The third kappa shape index (κ3) is 36.9. The number of hydrogen-bond acceptors (Lipinski definition) is 7. The third-order valence-electron chi connectivity index (χ3n) is 7.31. The fraction of sp³-hybridized carbons (Fsp3) is 0.634. The molecule has 0 heterocycles. The molecule has 0 fully saturated rings. The molecular formula is C41H70NO7P. The number of nitrogens with two attached hydrogens (primary N) is 1. The van der Waals surface area contributed by atoms with Crippen molar-refractivity contribution in [3.63, 3.8) is 0 Å². The molecule has 3 N–H and O–H groups in total. The molecule has 0 saturated heterocycles. The van der Waals surface area contributed by atoms with Gasteiger partial charge in [0.15, 0.2) is 0 Å². The number of unbranched alkanes of at least 4 members (excludes halogenated alkanes) is 8. The molecule has 9 heteroatoms. The maximum Gasteiger partial charge on any atom is 0.472 e. The van der Waals surface area contributed by atoms with E-state index >= 15 is 0 Å². The minimum Gasteiger partial charge on any atom is -0.457 e. The van der Waals surface area contributed by atoms with E-state index in [4.69, 9.17) is 24.3 Å². The Morgan fingerprint density at radius 2 is 1.06 bits per heavy atom. The number of rotatable bonds is 35. The Kier molecular flexibility index (Phi) is 36.2. The van der Waals surface area contributed by atoms with E-state index in [1.54, 1.807) is 0 Å². The van der Waals surface area contributed by atoms with Gasteiger partial charge in [0.05, 0.1) is 19.8 Å². The van der Waals surface area contributed by atoms with Gasteiger partial charge in [-0.25, -0.2) is 4.57 Å². The highest BCUT2D eigenvalue weighted by molar-refractivity contribution is 7.47. The van der Waals surface area contributed by atoms with E-state index in [1.807, 2.05) is 0 Å². The van der Waals surface area contributed by atoms with Crippen LogP contribution in [0.15, 0.2) is 85.1 Å². The molecule has 50 heavy (non-hydrogen) atoms. The predicted molar refractivity (Wildman–Crippen MR) is 210 cm³/mol. The maximum absolute atomic E-state index is 12.5. The molecule has 2 unspecified atom stereocenters. The Morgan fingerprint density at radius 3 is 1.58 bits per heavy atom. The second-order valence-electron chi connectivity index (χ2n) is 12.0. The highest BCUT2D eigenvalue weighted by Crippen LogP contribution is 2.43. The summed E-state index contributed by atoms with van der Waals surface area (Å²) in [5, 5.41) is 0. The van der Waals surface area contributed by atoms with Crippen LogP contribution >= 0.6 is 7.82 Å². The average molecular weight is 720 g/mol. The first-order valence-corrected chi connectivity index (χ1v) is 20.6. The number of allylic oxidation sites excluding steroid dienone is 14. The van der Waals surface area contributed by atoms with Gasteiger partial charge in [-0.2, -0.15) is 0 Å². The molecule has 286 valence electrons. The van der Waals surface area contributed by atoms with Crippen molar-refractivity contribution >= 4 is 13.8 Å². The van der Waals surface area contributed by atoms with Crippen molar-refractivity contribution in [3.05, 3.63) is 85.1 Å². The number of carbonyl (C=O) groups is 1. The van der Waals surface area contributed by atoms with Crippen LogP contribution in [0.4, 0.5) is 0 Å². The first-order chi connectivity index (χ1) is 24.4. The van der Waals surface area contributed by atoms with Crippen molar-refractivity contribution in [2.45, 2.75) is 136 Å². The van der Waals surface area contributed by atoms with E-state index in [9.17, 15) is 14.3 Å². The van der Waals surface area contributed by atoms with Gasteiger partial charge in [0, 0.05) is 19.6 Å². The Morgan fingerprint density at radius 1 is 0.600 bits per heavy atom. The van der Waals surface area contributed by atoms with Crippen molar-refractivity contribution in [2.75, 3.05) is 33.0 Å². The normalized spacial score (nSPS) is 14.6. The molecule has 0 bridgehead atoms. The summed E-state index contributed by atoms with van der Waals surface area (Å²) < 4.78 is 33.3. The summed E-state index contributed by atoms with van der Waals surface area (Å²) in [4.78, 5) is 22.4. The summed E-state index contributed by atoms with van der Waals surface area (Å²) in [5.74, 6) is -0.380. The second kappa shape index (κ2) is 37.9. The first kappa shape index (κ1) is 47.7. The molecule has 0 aliphatic rings. The van der Waals surface area contributed by atoms with Crippen LogP contribution in [0.2, 0.25) is 0 Å². The maximum atomic E-state index is 12.5. The topological polar surface area (TPSA) is 117 Å². The van der Waals surface area contributed by atoms with Gasteiger partial charge in [-0.15, -0.1) is 0 Å². The number of ether oxygens (including phenoxy) is 2. The summed E-state index contributed by atoms with van der Waals surface area (Å²) in [6.45, 7) is 4.57. The first-order valence-electron chi connectivity index (χ1n) is 19.1. The number of esters is 1. The summed E-state index contributed by atoms with van der Waals surface area (Å²) in [7, 11) is -4.29. The van der Waals surface area contributed by atoms with Crippen molar-refractivity contribution in [1.82, 2.24) is 0 Å². The highest BCUT2D eigenvalue weighted by Gasteiger charge is 2.25. The molecular weight excluding hydrogens is 649 g/mol. The summed E-state index contributed by atoms with van der Waals surface area (Å²) >= 11 is 0. The zero-order valence-electron chi connectivity index (χ0n) is 31.3. The Labute approximate surface area is 305 Å². The van der Waals surface area contributed by atoms with Crippen LogP contribution in [0.5, 0.6) is 0 Å². The molecule has 0 saturated carbocycles. The molecule has 0 aromatic heterocycles. The minimum absolute atomic E-state index is 0.0849. The van der Waals surface area contributed by atoms with Crippen LogP contribution < -0.4 is 5.73 Å². The van der Waals surface area contributed by atoms with Crippen LogP contribution in [-0.4, -0.2) is 49.9 Å². The average Bonchev–Trinajstić information content (AvgIpc) is 3.10. The molecule has 8 nitrogen and oxygen atoms in total. The number of hydrogen-bond donors (Lipinski definition) is 2. The van der Waals surface area contributed by atoms with Crippen LogP contribution in [0, 0.1) is 0 Å². The lowest BCUT2D eigenvalue weighted by atomic mass is 10.1. The lowest BCUT2D eigenvalue weighted by Crippen LogP contribution is -2.28. The van der Waals surface area contributed by atoms with Crippen molar-refractivity contribution < 1.29 is 32.8 Å². The predicted octanol–water partition coefficient (Wildman–Crippen LogP) is 11.0. The second-order valence-corrected chi connectivity index (χ2v) is 13.5. The van der Waals surface area contributed by atoms with Gasteiger partial charge >= 0.3 is 13.8 Å². The zero-order valence-corrected chi connectivity index (χ0v) is 32.2. The molecule has 0 amide bonds. The van der Waals surface area contributed by atoms with E-state index in [0.29, 0.717) is 13.0 Å². The number of phosphoric ester groups is 1. The van der Waals surface area contributed by atoms with Gasteiger partial charge in [0.1, 0.15) is 6.10 Å². The fourth-order valence-corrected chi connectivity index (χ4v) is 5.35. The van der Waals surface area contributed by atoms with Gasteiger partial charge in [0.25, 0.3) is 0 Å². The van der Waals surface area contributed by atoms with E-state index in [-0.39, 0.29) is 38.8 Å². The molecule has 0 aliphatic carbocycles. The van der Waals surface area contributed by atoms with Crippen LogP contribution in [0.1, 0.15) is 129 Å². The van der Waals surface area contributed by atoms with Gasteiger partial charge < -0.3 is 20.1 Å². The Hall–Kier alpha value is -2.32. The van der Waals surface area contributed by atoms with Crippen molar-refractivity contribution in [2.24, 2.45) is 5.73 Å². The summed E-state index contributed by atoms with van der Waals surface area (Å²) in [6.07, 6.45) is 47.4. The zero-order chi connectivity index (χ0) is 36.6. The van der Waals surface area contributed by atoms with Crippen LogP contribution in [0.25, 0.3) is 0 Å². The SMILES string of the molecule is CC/C=C\C/C=C\C/C=C\C/C=C\CCCCC(=O)OC(COCCCCCCCC/C=C\C/C=C\C/C=C\CC)COP(=O)(O)OCCN. The molecule has 0 rings (SSSR count). The molecule has 0 spiro atoms. The van der Waals surface area contributed by atoms with Gasteiger partial charge in [-0.05, 0) is 83.5 Å². The molecule has 0 radical (unpaired) electrons. The minimum atomic E-state index is -4.29. The smallest absolute Gasteiger partial charge is 0.457 e. The van der Waals surface area contributed by atoms with Gasteiger partial charge in [0.2, 0.25) is 0 Å².